The molecule has 2 bridgehead atoms. The molecule has 2 aliphatic carbocycles. The fraction of sp³-hybridized carbons (Fsp3) is 0.632. The quantitative estimate of drug-likeness (QED) is 0.841. The van der Waals surface area contributed by atoms with Gasteiger partial charge in [0.15, 0.2) is 0 Å². The number of hydrogen-bond donors (Lipinski definition) is 2. The average Bonchev–Trinajstić information content (AvgIpc) is 3.29. The Morgan fingerprint density at radius 2 is 2.13 bits per heavy atom. The molecule has 1 amide bonds. The maximum absolute atomic E-state index is 11.7. The Bertz CT molecular complexity index is 667. The molecular weight excluding hydrogens is 286 g/mol. The SMILES string of the molecule is CC1[C@@H]2Cc3cc(N)c(C(N)=O)cc3[C@@]1(C)CCN2CC1CC1. The van der Waals surface area contributed by atoms with Crippen LogP contribution in [0.15, 0.2) is 12.1 Å². The first-order chi connectivity index (χ1) is 10.9. The lowest BCUT2D eigenvalue weighted by Gasteiger charge is -2.55. The number of benzene rings is 1. The summed E-state index contributed by atoms with van der Waals surface area (Å²) in [7, 11) is 0. The van der Waals surface area contributed by atoms with Gasteiger partial charge < -0.3 is 11.5 Å². The molecule has 2 fully saturated rings. The molecule has 3 atom stereocenters. The lowest BCUT2D eigenvalue weighted by Crippen LogP contribution is -2.58. The molecule has 4 nitrogen and oxygen atoms in total. The number of primary amides is 1. The van der Waals surface area contributed by atoms with E-state index < -0.39 is 5.91 Å². The van der Waals surface area contributed by atoms with E-state index >= 15 is 0 Å². The largest absolute Gasteiger partial charge is 0.398 e. The molecule has 1 aromatic rings. The number of fused-ring (bicyclic) bond motifs is 4. The van der Waals surface area contributed by atoms with E-state index in [1.807, 2.05) is 12.1 Å². The number of likely N-dealkylation sites (tertiary alicyclic amines) is 1. The maximum Gasteiger partial charge on any atom is 0.250 e. The van der Waals surface area contributed by atoms with E-state index in [-0.39, 0.29) is 5.41 Å². The maximum atomic E-state index is 11.7. The molecular formula is C19H27N3O. The molecule has 1 saturated heterocycles. The third-order valence-corrected chi connectivity index (χ3v) is 6.74. The van der Waals surface area contributed by atoms with Crippen LogP contribution in [0.25, 0.3) is 0 Å². The number of hydrogen-bond acceptors (Lipinski definition) is 3. The highest BCUT2D eigenvalue weighted by Crippen LogP contribution is 2.50. The zero-order valence-corrected chi connectivity index (χ0v) is 14.1. The summed E-state index contributed by atoms with van der Waals surface area (Å²) in [6.45, 7) is 7.16. The molecule has 3 aliphatic rings. The van der Waals surface area contributed by atoms with Crippen molar-refractivity contribution in [3.05, 3.63) is 28.8 Å². The van der Waals surface area contributed by atoms with Crippen LogP contribution < -0.4 is 11.5 Å². The number of carbonyl (C=O) groups is 1. The summed E-state index contributed by atoms with van der Waals surface area (Å²) >= 11 is 0. The highest BCUT2D eigenvalue weighted by atomic mass is 16.1. The molecule has 1 aromatic carbocycles. The van der Waals surface area contributed by atoms with Crippen molar-refractivity contribution in [2.24, 2.45) is 17.6 Å². The predicted molar refractivity (Wildman–Crippen MR) is 92.3 cm³/mol. The van der Waals surface area contributed by atoms with Gasteiger partial charge in [0.05, 0.1) is 5.56 Å². The Kier molecular flexibility index (Phi) is 3.24. The Morgan fingerprint density at radius 3 is 2.78 bits per heavy atom. The highest BCUT2D eigenvalue weighted by molar-refractivity contribution is 5.98. The summed E-state index contributed by atoms with van der Waals surface area (Å²) in [5.41, 5.74) is 15.3. The second-order valence-electron chi connectivity index (χ2n) is 8.13. The molecule has 4 rings (SSSR count). The molecule has 1 saturated carbocycles. The van der Waals surface area contributed by atoms with Crippen LogP contribution in [0.3, 0.4) is 0 Å². The van der Waals surface area contributed by atoms with Gasteiger partial charge in [0.2, 0.25) is 0 Å². The van der Waals surface area contributed by atoms with Crippen LogP contribution in [0.1, 0.15) is 54.6 Å². The van der Waals surface area contributed by atoms with E-state index in [1.165, 1.54) is 30.5 Å². The Morgan fingerprint density at radius 1 is 1.39 bits per heavy atom. The summed E-state index contributed by atoms with van der Waals surface area (Å²) in [5, 5.41) is 0. The first-order valence-electron chi connectivity index (χ1n) is 8.87. The highest BCUT2D eigenvalue weighted by Gasteiger charge is 2.49. The fourth-order valence-electron chi connectivity index (χ4n) is 4.86. The first-order valence-corrected chi connectivity index (χ1v) is 8.87. The minimum atomic E-state index is -0.421. The molecule has 4 heteroatoms. The summed E-state index contributed by atoms with van der Waals surface area (Å²) in [5.74, 6) is 1.09. The van der Waals surface area contributed by atoms with Crippen LogP contribution in [0, 0.1) is 11.8 Å². The van der Waals surface area contributed by atoms with Crippen LogP contribution in [0.4, 0.5) is 5.69 Å². The molecule has 23 heavy (non-hydrogen) atoms. The van der Waals surface area contributed by atoms with E-state index in [9.17, 15) is 4.79 Å². The summed E-state index contributed by atoms with van der Waals surface area (Å²) < 4.78 is 0. The Hall–Kier alpha value is -1.55. The van der Waals surface area contributed by atoms with Gasteiger partial charge in [0.25, 0.3) is 5.91 Å². The van der Waals surface area contributed by atoms with Gasteiger partial charge in [-0.15, -0.1) is 0 Å². The lowest BCUT2D eigenvalue weighted by molar-refractivity contribution is 0.0284. The summed E-state index contributed by atoms with van der Waals surface area (Å²) in [6, 6.07) is 4.59. The first kappa shape index (κ1) is 15.0. The topological polar surface area (TPSA) is 72.3 Å². The average molecular weight is 313 g/mol. The van der Waals surface area contributed by atoms with E-state index in [0.717, 1.165) is 25.3 Å². The minimum Gasteiger partial charge on any atom is -0.398 e. The Balaban J connectivity index is 1.75. The number of nitrogen functional groups attached to an aromatic ring is 1. The zero-order chi connectivity index (χ0) is 16.4. The molecule has 1 unspecified atom stereocenters. The van der Waals surface area contributed by atoms with Crippen molar-refractivity contribution in [1.29, 1.82) is 0 Å². The van der Waals surface area contributed by atoms with Gasteiger partial charge in [-0.05, 0) is 72.7 Å². The molecule has 1 heterocycles. The number of amides is 1. The second kappa shape index (κ2) is 4.97. The van der Waals surface area contributed by atoms with Gasteiger partial charge in [-0.2, -0.15) is 0 Å². The molecule has 0 radical (unpaired) electrons. The van der Waals surface area contributed by atoms with Gasteiger partial charge in [-0.25, -0.2) is 0 Å². The van der Waals surface area contributed by atoms with Crippen LogP contribution >= 0.6 is 0 Å². The number of carbonyl (C=O) groups excluding carboxylic acids is 1. The van der Waals surface area contributed by atoms with Gasteiger partial charge in [-0.1, -0.05) is 13.8 Å². The van der Waals surface area contributed by atoms with Crippen molar-refractivity contribution in [3.63, 3.8) is 0 Å². The fourth-order valence-corrected chi connectivity index (χ4v) is 4.86. The number of nitrogens with zero attached hydrogens (tertiary/aromatic N) is 1. The molecule has 0 spiro atoms. The summed E-state index contributed by atoms with van der Waals surface area (Å²) in [6.07, 6.45) is 5.00. The van der Waals surface area contributed by atoms with E-state index in [0.29, 0.717) is 23.2 Å². The predicted octanol–water partition coefficient (Wildman–Crippen LogP) is 2.30. The van der Waals surface area contributed by atoms with Crippen LogP contribution in [0.5, 0.6) is 0 Å². The van der Waals surface area contributed by atoms with E-state index in [1.54, 1.807) is 0 Å². The van der Waals surface area contributed by atoms with Gasteiger partial charge in [-0.3, -0.25) is 9.69 Å². The number of piperidine rings is 1. The monoisotopic (exact) mass is 313 g/mol. The van der Waals surface area contributed by atoms with Crippen molar-refractivity contribution in [1.82, 2.24) is 4.90 Å². The van der Waals surface area contributed by atoms with Crippen LogP contribution in [-0.4, -0.2) is 29.9 Å². The number of rotatable bonds is 3. The molecule has 1 aliphatic heterocycles. The van der Waals surface area contributed by atoms with Crippen LogP contribution in [-0.2, 0) is 11.8 Å². The second-order valence-corrected chi connectivity index (χ2v) is 8.13. The summed E-state index contributed by atoms with van der Waals surface area (Å²) in [4.78, 5) is 14.4. The lowest BCUT2D eigenvalue weighted by atomic mass is 9.58. The zero-order valence-electron chi connectivity index (χ0n) is 14.1. The molecule has 0 aromatic heterocycles. The minimum absolute atomic E-state index is 0.121. The molecule has 124 valence electrons. The van der Waals surface area contributed by atoms with Gasteiger partial charge >= 0.3 is 0 Å². The van der Waals surface area contributed by atoms with Crippen LogP contribution in [0.2, 0.25) is 0 Å². The van der Waals surface area contributed by atoms with Crippen molar-refractivity contribution in [2.45, 2.75) is 51.0 Å². The standard InChI is InChI=1S/C19H27N3O/c1-11-17-8-13-7-16(20)14(18(21)23)9-15(13)19(11,2)5-6-22(17)10-12-3-4-12/h7,9,11-12,17H,3-6,8,10,20H2,1-2H3,(H2,21,23)/t11?,17-,19-/m0/s1. The number of anilines is 1. The van der Waals surface area contributed by atoms with E-state index in [4.69, 9.17) is 11.5 Å². The normalized spacial score (nSPS) is 33.3. The third-order valence-electron chi connectivity index (χ3n) is 6.74. The Labute approximate surface area is 138 Å². The van der Waals surface area contributed by atoms with Crippen molar-refractivity contribution >= 4 is 11.6 Å². The van der Waals surface area contributed by atoms with Gasteiger partial charge in [0.1, 0.15) is 0 Å². The van der Waals surface area contributed by atoms with E-state index in [2.05, 4.69) is 18.7 Å². The van der Waals surface area contributed by atoms with Crippen molar-refractivity contribution < 1.29 is 4.79 Å². The van der Waals surface area contributed by atoms with Gasteiger partial charge in [0, 0.05) is 18.3 Å². The third kappa shape index (κ3) is 2.26. The van der Waals surface area contributed by atoms with Crippen molar-refractivity contribution in [3.8, 4) is 0 Å². The van der Waals surface area contributed by atoms with Crippen molar-refractivity contribution in [2.75, 3.05) is 18.8 Å². The smallest absolute Gasteiger partial charge is 0.250 e. The molecule has 4 N–H and O–H groups in total. The number of nitrogens with two attached hydrogens (primary N) is 2.